The van der Waals surface area contributed by atoms with E-state index in [0.29, 0.717) is 12.5 Å². The van der Waals surface area contributed by atoms with Gasteiger partial charge in [0.1, 0.15) is 12.7 Å². The zero-order chi connectivity index (χ0) is 18.8. The van der Waals surface area contributed by atoms with Gasteiger partial charge < -0.3 is 10.2 Å². The molecule has 8 heteroatoms. The summed E-state index contributed by atoms with van der Waals surface area (Å²) in [4.78, 5) is 19.9. The third kappa shape index (κ3) is 3.05. The molecule has 0 saturated heterocycles. The van der Waals surface area contributed by atoms with E-state index >= 15 is 0 Å². The second-order valence-electron chi connectivity index (χ2n) is 6.44. The molecule has 4 heterocycles. The van der Waals surface area contributed by atoms with Crippen molar-refractivity contribution in [2.75, 3.05) is 16.8 Å². The summed E-state index contributed by atoms with van der Waals surface area (Å²) in [5.41, 5.74) is 4.28. The Morgan fingerprint density at radius 1 is 1.04 bits per heavy atom. The van der Waals surface area contributed by atoms with Crippen molar-refractivity contribution < 1.29 is 0 Å². The largest absolute Gasteiger partial charge is 0.350 e. The summed E-state index contributed by atoms with van der Waals surface area (Å²) in [6.07, 6.45) is 7.67. The molecule has 1 aliphatic heterocycles. The lowest BCUT2D eigenvalue weighted by Crippen LogP contribution is -2.13. The SMILES string of the molecule is c1ccc(N2CCc3nc(NCc4cccnc4-n4cncn4)ncc32)cc1. The molecule has 8 nitrogen and oxygen atoms in total. The molecule has 28 heavy (non-hydrogen) atoms. The standard InChI is InChI=1S/C20H18N8/c1-2-6-16(7-3-1)27-10-8-17-18(27)12-24-20(26-17)23-11-15-5-4-9-22-19(15)28-14-21-13-25-28/h1-7,9,12-14H,8,10-11H2,(H,23,24,26). The van der Waals surface area contributed by atoms with E-state index in [1.807, 2.05) is 36.5 Å². The van der Waals surface area contributed by atoms with Gasteiger partial charge in [0, 0.05) is 37.0 Å². The molecule has 3 aromatic heterocycles. The first-order valence-electron chi connectivity index (χ1n) is 9.10. The number of nitrogens with zero attached hydrogens (tertiary/aromatic N) is 7. The second-order valence-corrected chi connectivity index (χ2v) is 6.44. The van der Waals surface area contributed by atoms with Gasteiger partial charge in [0.05, 0.1) is 17.6 Å². The molecular formula is C20H18N8. The van der Waals surface area contributed by atoms with E-state index in [1.165, 1.54) is 12.0 Å². The van der Waals surface area contributed by atoms with Crippen LogP contribution in [0.4, 0.5) is 17.3 Å². The van der Waals surface area contributed by atoms with Crippen molar-refractivity contribution in [3.05, 3.63) is 78.8 Å². The maximum atomic E-state index is 4.72. The summed E-state index contributed by atoms with van der Waals surface area (Å²) in [5.74, 6) is 1.35. The van der Waals surface area contributed by atoms with Crippen molar-refractivity contribution in [2.24, 2.45) is 0 Å². The predicted octanol–water partition coefficient (Wildman–Crippen LogP) is 2.76. The Balaban J connectivity index is 1.35. The van der Waals surface area contributed by atoms with Crippen LogP contribution in [-0.2, 0) is 13.0 Å². The molecule has 1 aromatic carbocycles. The zero-order valence-electron chi connectivity index (χ0n) is 15.1. The van der Waals surface area contributed by atoms with Gasteiger partial charge >= 0.3 is 0 Å². The lowest BCUT2D eigenvalue weighted by molar-refractivity contribution is 0.826. The van der Waals surface area contributed by atoms with Crippen molar-refractivity contribution in [1.82, 2.24) is 29.7 Å². The first kappa shape index (κ1) is 16.4. The number of rotatable bonds is 5. The third-order valence-electron chi connectivity index (χ3n) is 4.72. The lowest BCUT2D eigenvalue weighted by Gasteiger charge is -2.18. The Morgan fingerprint density at radius 3 is 2.82 bits per heavy atom. The normalized spacial score (nSPS) is 12.8. The van der Waals surface area contributed by atoms with Crippen LogP contribution in [0.25, 0.3) is 5.82 Å². The molecule has 0 spiro atoms. The Morgan fingerprint density at radius 2 is 1.96 bits per heavy atom. The maximum Gasteiger partial charge on any atom is 0.223 e. The number of aromatic nitrogens is 6. The van der Waals surface area contributed by atoms with Crippen LogP contribution in [0.1, 0.15) is 11.3 Å². The third-order valence-corrected chi connectivity index (χ3v) is 4.72. The summed E-state index contributed by atoms with van der Waals surface area (Å²) in [7, 11) is 0. The summed E-state index contributed by atoms with van der Waals surface area (Å²) in [5, 5.41) is 7.47. The predicted molar refractivity (Wildman–Crippen MR) is 106 cm³/mol. The number of hydrogen-bond donors (Lipinski definition) is 1. The van der Waals surface area contributed by atoms with Gasteiger partial charge in [-0.25, -0.2) is 24.6 Å². The van der Waals surface area contributed by atoms with Crippen LogP contribution in [0.3, 0.4) is 0 Å². The number of fused-ring (bicyclic) bond motifs is 1. The molecule has 0 fully saturated rings. The van der Waals surface area contributed by atoms with Gasteiger partial charge in [-0.2, -0.15) is 5.10 Å². The molecule has 1 aliphatic rings. The Kier molecular flexibility index (Phi) is 4.13. The van der Waals surface area contributed by atoms with E-state index in [0.717, 1.165) is 35.7 Å². The number of para-hydroxylation sites is 1. The highest BCUT2D eigenvalue weighted by Crippen LogP contribution is 2.33. The molecule has 1 N–H and O–H groups in total. The van der Waals surface area contributed by atoms with E-state index in [1.54, 1.807) is 17.2 Å². The van der Waals surface area contributed by atoms with Crippen LogP contribution in [-0.4, -0.2) is 36.3 Å². The molecule has 138 valence electrons. The van der Waals surface area contributed by atoms with Crippen LogP contribution in [0, 0.1) is 0 Å². The molecule has 0 atom stereocenters. The Labute approximate surface area is 161 Å². The highest BCUT2D eigenvalue weighted by Gasteiger charge is 2.22. The zero-order valence-corrected chi connectivity index (χ0v) is 15.1. The van der Waals surface area contributed by atoms with Crippen LogP contribution >= 0.6 is 0 Å². The Bertz CT molecular complexity index is 1080. The highest BCUT2D eigenvalue weighted by molar-refractivity contribution is 5.68. The molecular weight excluding hydrogens is 352 g/mol. The topological polar surface area (TPSA) is 84.7 Å². The molecule has 0 radical (unpaired) electrons. The number of benzene rings is 1. The molecule has 0 saturated carbocycles. The van der Waals surface area contributed by atoms with Crippen molar-refractivity contribution in [3.8, 4) is 5.82 Å². The minimum Gasteiger partial charge on any atom is -0.350 e. The fraction of sp³-hybridized carbons (Fsp3) is 0.150. The van der Waals surface area contributed by atoms with Crippen molar-refractivity contribution >= 4 is 17.3 Å². The molecule has 0 unspecified atom stereocenters. The van der Waals surface area contributed by atoms with Crippen molar-refractivity contribution in [2.45, 2.75) is 13.0 Å². The quantitative estimate of drug-likeness (QED) is 0.578. The smallest absolute Gasteiger partial charge is 0.223 e. The first-order chi connectivity index (χ1) is 13.9. The number of nitrogens with one attached hydrogen (secondary N) is 1. The van der Waals surface area contributed by atoms with Gasteiger partial charge in [0.15, 0.2) is 5.82 Å². The van der Waals surface area contributed by atoms with E-state index in [9.17, 15) is 0 Å². The minimum atomic E-state index is 0.546. The fourth-order valence-corrected chi connectivity index (χ4v) is 3.39. The average Bonchev–Trinajstić information content (AvgIpc) is 3.43. The summed E-state index contributed by atoms with van der Waals surface area (Å²) in [6, 6.07) is 14.2. The van der Waals surface area contributed by atoms with Crippen molar-refractivity contribution in [3.63, 3.8) is 0 Å². The van der Waals surface area contributed by atoms with Gasteiger partial charge in [0.2, 0.25) is 5.95 Å². The van der Waals surface area contributed by atoms with E-state index in [4.69, 9.17) is 4.98 Å². The van der Waals surface area contributed by atoms with Gasteiger partial charge in [-0.1, -0.05) is 24.3 Å². The van der Waals surface area contributed by atoms with Crippen LogP contribution in [0.5, 0.6) is 0 Å². The van der Waals surface area contributed by atoms with Gasteiger partial charge in [-0.3, -0.25) is 0 Å². The van der Waals surface area contributed by atoms with Crippen LogP contribution in [0.15, 0.2) is 67.5 Å². The highest BCUT2D eigenvalue weighted by atomic mass is 15.3. The fourth-order valence-electron chi connectivity index (χ4n) is 3.39. The second kappa shape index (κ2) is 7.07. The Hall–Kier alpha value is -3.81. The van der Waals surface area contributed by atoms with E-state index in [2.05, 4.69) is 42.4 Å². The molecule has 4 aromatic rings. The number of hydrogen-bond acceptors (Lipinski definition) is 7. The minimum absolute atomic E-state index is 0.546. The molecule has 5 rings (SSSR count). The van der Waals surface area contributed by atoms with Gasteiger partial charge in [0.25, 0.3) is 0 Å². The molecule has 0 amide bonds. The molecule has 0 bridgehead atoms. The van der Waals surface area contributed by atoms with Gasteiger partial charge in [-0.05, 0) is 18.2 Å². The monoisotopic (exact) mass is 370 g/mol. The number of anilines is 3. The summed E-state index contributed by atoms with van der Waals surface area (Å²) < 4.78 is 1.65. The lowest BCUT2D eigenvalue weighted by atomic mass is 10.2. The van der Waals surface area contributed by atoms with Crippen LogP contribution in [0.2, 0.25) is 0 Å². The van der Waals surface area contributed by atoms with E-state index in [-0.39, 0.29) is 0 Å². The molecule has 0 aliphatic carbocycles. The average molecular weight is 370 g/mol. The van der Waals surface area contributed by atoms with Crippen molar-refractivity contribution in [1.29, 1.82) is 0 Å². The number of pyridine rings is 1. The summed E-state index contributed by atoms with van der Waals surface area (Å²) >= 11 is 0. The van der Waals surface area contributed by atoms with Gasteiger partial charge in [-0.15, -0.1) is 0 Å². The van der Waals surface area contributed by atoms with E-state index < -0.39 is 0 Å². The van der Waals surface area contributed by atoms with Crippen LogP contribution < -0.4 is 10.2 Å². The first-order valence-corrected chi connectivity index (χ1v) is 9.10. The summed E-state index contributed by atoms with van der Waals surface area (Å²) in [6.45, 7) is 1.46. The maximum absolute atomic E-state index is 4.72.